The number of carbonyl (C=O) groups is 2. The van der Waals surface area contributed by atoms with Crippen LogP contribution in [0.2, 0.25) is 0 Å². The fraction of sp³-hybridized carbons (Fsp3) is 0.615. The molecular weight excluding hydrogens is 326 g/mol. The van der Waals surface area contributed by atoms with Gasteiger partial charge in [0, 0.05) is 25.2 Å². The van der Waals surface area contributed by atoms with Gasteiger partial charge >= 0.3 is 11.8 Å². The van der Waals surface area contributed by atoms with E-state index in [0.29, 0.717) is 30.0 Å². The molecule has 3 rings (SSSR count). The number of carbonyl (C=O) groups excluding carboxylic acids is 2. The van der Waals surface area contributed by atoms with E-state index in [4.69, 9.17) is 4.52 Å². The Bertz CT molecular complexity index is 525. The van der Waals surface area contributed by atoms with Crippen LogP contribution in [0.15, 0.2) is 15.3 Å². The second-order valence-electron chi connectivity index (χ2n) is 5.29. The topological polar surface area (TPSA) is 66.7 Å². The quantitative estimate of drug-likeness (QED) is 0.782. The number of hydrogen-bond donors (Lipinski definition) is 0. The molecule has 0 N–H and O–H groups in total. The van der Waals surface area contributed by atoms with E-state index in [1.165, 1.54) is 4.90 Å². The highest BCUT2D eigenvalue weighted by Gasteiger charge is 2.37. The smallest absolute Gasteiger partial charge is 0.312 e. The Balaban J connectivity index is 1.65. The van der Waals surface area contributed by atoms with Gasteiger partial charge in [0.2, 0.25) is 4.67 Å². The molecule has 2 aliphatic rings. The summed E-state index contributed by atoms with van der Waals surface area (Å²) in [5.41, 5.74) is 0.646. The Hall–Kier alpha value is -1.37. The fourth-order valence-electron chi connectivity index (χ4n) is 2.96. The van der Waals surface area contributed by atoms with E-state index in [-0.39, 0.29) is 11.9 Å². The molecule has 1 saturated heterocycles. The molecule has 6 nitrogen and oxygen atoms in total. The number of aromatic nitrogens is 1. The first kappa shape index (κ1) is 13.6. The molecule has 0 atom stereocenters. The molecule has 0 aromatic carbocycles. The van der Waals surface area contributed by atoms with Gasteiger partial charge in [-0.05, 0) is 28.8 Å². The van der Waals surface area contributed by atoms with Gasteiger partial charge in [0.1, 0.15) is 5.69 Å². The van der Waals surface area contributed by atoms with Gasteiger partial charge in [0.25, 0.3) is 0 Å². The summed E-state index contributed by atoms with van der Waals surface area (Å²) in [5, 5.41) is 3.83. The third-order valence-electron chi connectivity index (χ3n) is 3.99. The van der Waals surface area contributed by atoms with Crippen molar-refractivity contribution in [3.8, 4) is 0 Å². The number of nitrogens with zero attached hydrogens (tertiary/aromatic N) is 3. The van der Waals surface area contributed by atoms with E-state index >= 15 is 0 Å². The largest absolute Gasteiger partial charge is 0.349 e. The van der Waals surface area contributed by atoms with Gasteiger partial charge in [0.05, 0.1) is 6.54 Å². The van der Waals surface area contributed by atoms with Crippen molar-refractivity contribution in [2.24, 2.45) is 0 Å². The van der Waals surface area contributed by atoms with E-state index in [1.54, 1.807) is 11.0 Å². The molecule has 2 heterocycles. The van der Waals surface area contributed by atoms with Crippen LogP contribution < -0.4 is 0 Å². The van der Waals surface area contributed by atoms with Gasteiger partial charge in [-0.3, -0.25) is 9.59 Å². The fourth-order valence-corrected chi connectivity index (χ4v) is 3.30. The minimum absolute atomic E-state index is 0.259. The third-order valence-corrected chi connectivity index (χ3v) is 4.36. The molecule has 1 saturated carbocycles. The van der Waals surface area contributed by atoms with Crippen molar-refractivity contribution >= 4 is 27.7 Å². The van der Waals surface area contributed by atoms with Gasteiger partial charge < -0.3 is 14.3 Å². The molecule has 1 aromatic rings. The summed E-state index contributed by atoms with van der Waals surface area (Å²) in [7, 11) is 0. The lowest BCUT2D eigenvalue weighted by Gasteiger charge is -2.36. The summed E-state index contributed by atoms with van der Waals surface area (Å²) in [5.74, 6) is -0.798. The van der Waals surface area contributed by atoms with Crippen LogP contribution in [0.3, 0.4) is 0 Å². The van der Waals surface area contributed by atoms with E-state index < -0.39 is 5.91 Å². The van der Waals surface area contributed by atoms with Gasteiger partial charge in [0.15, 0.2) is 0 Å². The number of halogens is 1. The molecule has 1 aromatic heterocycles. The average Bonchev–Trinajstić information content (AvgIpc) is 3.07. The molecular formula is C13H16BrN3O3. The molecule has 0 radical (unpaired) electrons. The molecule has 108 valence electrons. The second kappa shape index (κ2) is 5.55. The Labute approximate surface area is 125 Å². The van der Waals surface area contributed by atoms with E-state index in [0.717, 1.165) is 25.7 Å². The molecule has 1 aliphatic heterocycles. The predicted molar refractivity (Wildman–Crippen MR) is 73.6 cm³/mol. The van der Waals surface area contributed by atoms with Gasteiger partial charge in [-0.25, -0.2) is 0 Å². The second-order valence-corrected chi connectivity index (χ2v) is 6.07. The van der Waals surface area contributed by atoms with Crippen molar-refractivity contribution in [2.75, 3.05) is 13.1 Å². The lowest BCUT2D eigenvalue weighted by Crippen LogP contribution is -2.56. The Morgan fingerprint density at radius 3 is 2.65 bits per heavy atom. The minimum atomic E-state index is -0.428. The molecule has 1 aliphatic carbocycles. The van der Waals surface area contributed by atoms with Crippen LogP contribution in [0.5, 0.6) is 0 Å². The summed E-state index contributed by atoms with van der Waals surface area (Å²) < 4.78 is 5.43. The maximum Gasteiger partial charge on any atom is 0.312 e. The minimum Gasteiger partial charge on any atom is -0.349 e. The Kier molecular flexibility index (Phi) is 3.78. The molecule has 7 heteroatoms. The number of piperazine rings is 1. The molecule has 2 fully saturated rings. The zero-order chi connectivity index (χ0) is 14.1. The van der Waals surface area contributed by atoms with Crippen LogP contribution in [0, 0.1) is 0 Å². The zero-order valence-electron chi connectivity index (χ0n) is 11.0. The first-order valence-electron chi connectivity index (χ1n) is 6.86. The lowest BCUT2D eigenvalue weighted by atomic mass is 10.1. The predicted octanol–water partition coefficient (Wildman–Crippen LogP) is 1.55. The van der Waals surface area contributed by atoms with Crippen molar-refractivity contribution in [2.45, 2.75) is 38.3 Å². The zero-order valence-corrected chi connectivity index (χ0v) is 12.6. The highest BCUT2D eigenvalue weighted by Crippen LogP contribution is 2.25. The van der Waals surface area contributed by atoms with Crippen molar-refractivity contribution in [1.29, 1.82) is 0 Å². The van der Waals surface area contributed by atoms with Crippen LogP contribution in [0.1, 0.15) is 31.4 Å². The van der Waals surface area contributed by atoms with Crippen LogP contribution in [0.25, 0.3) is 0 Å². The summed E-state index contributed by atoms with van der Waals surface area (Å²) in [6, 6.07) is 1.97. The van der Waals surface area contributed by atoms with Crippen molar-refractivity contribution in [1.82, 2.24) is 15.0 Å². The normalized spacial score (nSPS) is 21.1. The van der Waals surface area contributed by atoms with Crippen LogP contribution in [-0.4, -0.2) is 45.9 Å². The Morgan fingerprint density at radius 2 is 2.00 bits per heavy atom. The van der Waals surface area contributed by atoms with Crippen molar-refractivity contribution < 1.29 is 14.1 Å². The van der Waals surface area contributed by atoms with Gasteiger partial charge in [-0.15, -0.1) is 0 Å². The van der Waals surface area contributed by atoms with E-state index in [1.807, 2.05) is 0 Å². The first-order valence-corrected chi connectivity index (χ1v) is 7.65. The maximum atomic E-state index is 12.2. The average molecular weight is 342 g/mol. The summed E-state index contributed by atoms with van der Waals surface area (Å²) >= 11 is 3.17. The van der Waals surface area contributed by atoms with Crippen LogP contribution in [-0.2, 0) is 16.1 Å². The highest BCUT2D eigenvalue weighted by molar-refractivity contribution is 9.10. The number of rotatable bonds is 3. The number of hydrogen-bond acceptors (Lipinski definition) is 4. The third kappa shape index (κ3) is 2.59. The summed E-state index contributed by atoms with van der Waals surface area (Å²) in [4.78, 5) is 27.7. The van der Waals surface area contributed by atoms with Crippen LogP contribution >= 0.6 is 15.9 Å². The monoisotopic (exact) mass is 341 g/mol. The molecule has 2 amide bonds. The van der Waals surface area contributed by atoms with E-state index in [2.05, 4.69) is 21.1 Å². The number of amides is 2. The summed E-state index contributed by atoms with van der Waals surface area (Å²) in [6.45, 7) is 1.50. The maximum absolute atomic E-state index is 12.2. The van der Waals surface area contributed by atoms with Gasteiger partial charge in [-0.2, -0.15) is 0 Å². The first-order chi connectivity index (χ1) is 9.65. The summed E-state index contributed by atoms with van der Waals surface area (Å²) in [6.07, 6.45) is 4.35. The van der Waals surface area contributed by atoms with E-state index in [9.17, 15) is 9.59 Å². The van der Waals surface area contributed by atoms with Crippen molar-refractivity contribution in [3.63, 3.8) is 0 Å². The van der Waals surface area contributed by atoms with Crippen LogP contribution in [0.4, 0.5) is 0 Å². The SMILES string of the molecule is O=C1C(=O)N(C2CCCC2)CCN1Cc1cc(Br)on1. The molecule has 0 bridgehead atoms. The molecule has 20 heavy (non-hydrogen) atoms. The molecule has 0 spiro atoms. The Morgan fingerprint density at radius 1 is 1.25 bits per heavy atom. The lowest BCUT2D eigenvalue weighted by molar-refractivity contribution is -0.158. The molecule has 0 unspecified atom stereocenters. The highest BCUT2D eigenvalue weighted by atomic mass is 79.9. The standard InChI is InChI=1S/C13H16BrN3O3/c14-11-7-9(15-20-11)8-16-5-6-17(13(19)12(16)18)10-3-1-2-4-10/h7,10H,1-6,8H2. The van der Waals surface area contributed by atoms with Crippen molar-refractivity contribution in [3.05, 3.63) is 16.4 Å². The van der Waals surface area contributed by atoms with Gasteiger partial charge in [-0.1, -0.05) is 18.0 Å².